The number of benzene rings is 1. The molecule has 3 aromatic rings. The van der Waals surface area contributed by atoms with Crippen LogP contribution in [0.5, 0.6) is 5.75 Å². The zero-order chi connectivity index (χ0) is 11.8. The summed E-state index contributed by atoms with van der Waals surface area (Å²) in [5.41, 5.74) is 2.15. The van der Waals surface area contributed by atoms with Crippen LogP contribution in [0, 0.1) is 0 Å². The first kappa shape index (κ1) is 10.0. The van der Waals surface area contributed by atoms with Crippen molar-refractivity contribution in [3.63, 3.8) is 0 Å². The Morgan fingerprint density at radius 1 is 1.12 bits per heavy atom. The third kappa shape index (κ3) is 1.70. The Labute approximate surface area is 101 Å². The molecule has 0 radical (unpaired) electrons. The molecule has 1 N–H and O–H groups in total. The van der Waals surface area contributed by atoms with Gasteiger partial charge in [0.1, 0.15) is 17.6 Å². The van der Waals surface area contributed by atoms with Gasteiger partial charge in [-0.15, -0.1) is 0 Å². The minimum atomic E-state index is 0.179. The van der Waals surface area contributed by atoms with Crippen molar-refractivity contribution in [1.29, 1.82) is 0 Å². The van der Waals surface area contributed by atoms with Gasteiger partial charge in [0.15, 0.2) is 5.65 Å². The molecule has 0 saturated carbocycles. The molecule has 0 fully saturated rings. The van der Waals surface area contributed by atoms with Gasteiger partial charge in [0.05, 0.1) is 6.20 Å². The molecule has 3 rings (SSSR count). The highest BCUT2D eigenvalue weighted by atomic mass is 35.5. The molecule has 1 aromatic carbocycles. The summed E-state index contributed by atoms with van der Waals surface area (Å²) in [6.07, 6.45) is 3.21. The lowest BCUT2D eigenvalue weighted by molar-refractivity contribution is 0.475. The van der Waals surface area contributed by atoms with Crippen molar-refractivity contribution in [1.82, 2.24) is 19.5 Å². The van der Waals surface area contributed by atoms with Crippen LogP contribution in [0.1, 0.15) is 0 Å². The van der Waals surface area contributed by atoms with E-state index in [1.807, 2.05) is 0 Å². The van der Waals surface area contributed by atoms with Crippen LogP contribution in [0.4, 0.5) is 0 Å². The van der Waals surface area contributed by atoms with Crippen LogP contribution in [0.3, 0.4) is 0 Å². The number of halogens is 1. The van der Waals surface area contributed by atoms with Crippen LogP contribution in [0.15, 0.2) is 36.8 Å². The van der Waals surface area contributed by atoms with Crippen molar-refractivity contribution < 1.29 is 5.11 Å². The van der Waals surface area contributed by atoms with Gasteiger partial charge in [-0.2, -0.15) is 4.98 Å². The molecule has 0 aliphatic carbocycles. The average Bonchev–Trinajstić information content (AvgIpc) is 2.73. The van der Waals surface area contributed by atoms with Gasteiger partial charge in [-0.05, 0) is 35.9 Å². The summed E-state index contributed by atoms with van der Waals surface area (Å²) >= 11 is 5.76. The normalized spacial score (nSPS) is 10.9. The first-order valence-electron chi connectivity index (χ1n) is 4.89. The van der Waals surface area contributed by atoms with Gasteiger partial charge in [0, 0.05) is 5.69 Å². The van der Waals surface area contributed by atoms with Gasteiger partial charge < -0.3 is 5.11 Å². The van der Waals surface area contributed by atoms with E-state index in [9.17, 15) is 5.11 Å². The number of phenolic OH excluding ortho intramolecular Hbond substituents is 1. The molecule has 0 bridgehead atoms. The molecule has 0 saturated heterocycles. The van der Waals surface area contributed by atoms with E-state index >= 15 is 0 Å². The van der Waals surface area contributed by atoms with Gasteiger partial charge in [0.25, 0.3) is 0 Å². The van der Waals surface area contributed by atoms with E-state index in [2.05, 4.69) is 15.0 Å². The predicted molar refractivity (Wildman–Crippen MR) is 63.3 cm³/mol. The van der Waals surface area contributed by atoms with Gasteiger partial charge >= 0.3 is 0 Å². The first-order valence-corrected chi connectivity index (χ1v) is 5.27. The Morgan fingerprint density at radius 2 is 1.88 bits per heavy atom. The van der Waals surface area contributed by atoms with Crippen molar-refractivity contribution in [3.05, 3.63) is 42.1 Å². The molecule has 0 unspecified atom stereocenters. The number of hydrogen-bond donors (Lipinski definition) is 1. The Bertz CT molecular complexity index is 678. The molecule has 0 aliphatic rings. The molecular weight excluding hydrogens is 240 g/mol. The van der Waals surface area contributed by atoms with Crippen molar-refractivity contribution in [3.8, 4) is 11.4 Å². The summed E-state index contributed by atoms with van der Waals surface area (Å²) in [5, 5.41) is 9.42. The summed E-state index contributed by atoms with van der Waals surface area (Å²) in [6, 6.07) is 6.74. The van der Waals surface area contributed by atoms with E-state index in [-0.39, 0.29) is 11.0 Å². The Balaban J connectivity index is 2.23. The highest BCUT2D eigenvalue weighted by Gasteiger charge is 2.07. The number of imidazole rings is 1. The summed E-state index contributed by atoms with van der Waals surface area (Å²) in [6.45, 7) is 0. The average molecular weight is 247 g/mol. The fourth-order valence-electron chi connectivity index (χ4n) is 1.59. The maximum Gasteiger partial charge on any atom is 0.224 e. The number of phenols is 1. The van der Waals surface area contributed by atoms with E-state index in [4.69, 9.17) is 11.6 Å². The van der Waals surface area contributed by atoms with E-state index in [1.54, 1.807) is 41.4 Å². The summed E-state index contributed by atoms with van der Waals surface area (Å²) < 4.78 is 1.78. The fourth-order valence-corrected chi connectivity index (χ4v) is 1.72. The Morgan fingerprint density at radius 3 is 2.65 bits per heavy atom. The topological polar surface area (TPSA) is 63.8 Å². The molecule has 6 heteroatoms. The number of hydrogen-bond acceptors (Lipinski definition) is 4. The molecule has 0 spiro atoms. The molecule has 84 valence electrons. The summed E-state index contributed by atoms with van der Waals surface area (Å²) in [5.74, 6) is 0.214. The van der Waals surface area contributed by atoms with Crippen LogP contribution in [0.2, 0.25) is 5.28 Å². The lowest BCUT2D eigenvalue weighted by atomic mass is 10.3. The number of nitrogens with zero attached hydrogens (tertiary/aromatic N) is 4. The number of rotatable bonds is 1. The zero-order valence-corrected chi connectivity index (χ0v) is 9.33. The van der Waals surface area contributed by atoms with Crippen LogP contribution < -0.4 is 0 Å². The molecule has 2 heterocycles. The number of aromatic hydroxyl groups is 1. The minimum Gasteiger partial charge on any atom is -0.508 e. The second-order valence-corrected chi connectivity index (χ2v) is 3.82. The van der Waals surface area contributed by atoms with Gasteiger partial charge in [-0.1, -0.05) is 0 Å². The van der Waals surface area contributed by atoms with Crippen molar-refractivity contribution >= 4 is 22.8 Å². The van der Waals surface area contributed by atoms with Crippen LogP contribution in [-0.4, -0.2) is 24.6 Å². The zero-order valence-electron chi connectivity index (χ0n) is 8.58. The smallest absolute Gasteiger partial charge is 0.224 e. The second-order valence-electron chi connectivity index (χ2n) is 3.48. The molecule has 0 aliphatic heterocycles. The molecule has 0 atom stereocenters. The van der Waals surface area contributed by atoms with Gasteiger partial charge in [-0.25, -0.2) is 9.97 Å². The molecule has 0 amide bonds. The highest BCUT2D eigenvalue weighted by Crippen LogP contribution is 2.19. The third-order valence-electron chi connectivity index (χ3n) is 2.39. The van der Waals surface area contributed by atoms with Crippen molar-refractivity contribution in [2.24, 2.45) is 0 Å². The molecule has 5 nitrogen and oxygen atoms in total. The summed E-state index contributed by atoms with van der Waals surface area (Å²) in [7, 11) is 0. The Kier molecular flexibility index (Phi) is 2.19. The maximum absolute atomic E-state index is 9.24. The van der Waals surface area contributed by atoms with Crippen molar-refractivity contribution in [2.75, 3.05) is 0 Å². The second kappa shape index (κ2) is 3.71. The maximum atomic E-state index is 9.24. The van der Waals surface area contributed by atoms with Crippen LogP contribution >= 0.6 is 11.6 Å². The largest absolute Gasteiger partial charge is 0.508 e. The molecule has 17 heavy (non-hydrogen) atoms. The quantitative estimate of drug-likeness (QED) is 0.669. The molecular formula is C11H7ClN4O. The Hall–Kier alpha value is -2.14. The number of aromatic nitrogens is 4. The minimum absolute atomic E-state index is 0.179. The first-order chi connectivity index (χ1) is 8.24. The van der Waals surface area contributed by atoms with Gasteiger partial charge in [-0.3, -0.25) is 4.57 Å². The lowest BCUT2D eigenvalue weighted by Gasteiger charge is -2.03. The standard InChI is InChI=1S/C11H7ClN4O/c12-11-13-5-9-10(15-11)16(6-14-9)7-1-3-8(17)4-2-7/h1-6,17H. The summed E-state index contributed by atoms with van der Waals surface area (Å²) in [4.78, 5) is 12.2. The number of fused-ring (bicyclic) bond motifs is 1. The molecule has 2 aromatic heterocycles. The van der Waals surface area contributed by atoms with E-state index in [0.717, 1.165) is 5.69 Å². The fraction of sp³-hybridized carbons (Fsp3) is 0. The predicted octanol–water partition coefficient (Wildman–Crippen LogP) is 2.17. The van der Waals surface area contributed by atoms with E-state index < -0.39 is 0 Å². The third-order valence-corrected chi connectivity index (χ3v) is 2.57. The van der Waals surface area contributed by atoms with Crippen LogP contribution in [0.25, 0.3) is 16.9 Å². The van der Waals surface area contributed by atoms with E-state index in [1.165, 1.54) is 0 Å². The lowest BCUT2D eigenvalue weighted by Crippen LogP contribution is -1.94. The van der Waals surface area contributed by atoms with Gasteiger partial charge in [0.2, 0.25) is 5.28 Å². The SMILES string of the molecule is Oc1ccc(-n2cnc3cnc(Cl)nc32)cc1. The van der Waals surface area contributed by atoms with Crippen molar-refractivity contribution in [2.45, 2.75) is 0 Å². The van der Waals surface area contributed by atoms with E-state index in [0.29, 0.717) is 11.2 Å². The highest BCUT2D eigenvalue weighted by molar-refractivity contribution is 6.28. The monoisotopic (exact) mass is 246 g/mol. The van der Waals surface area contributed by atoms with Crippen LogP contribution in [-0.2, 0) is 0 Å².